The zero-order valence-corrected chi connectivity index (χ0v) is 22.4. The fourth-order valence-corrected chi connectivity index (χ4v) is 4.64. The molecule has 0 aliphatic heterocycles. The van der Waals surface area contributed by atoms with Crippen LogP contribution in [0.2, 0.25) is 5.02 Å². The topological polar surface area (TPSA) is 168 Å². The first-order chi connectivity index (χ1) is 19.0. The molecule has 2 unspecified atom stereocenters. The first kappa shape index (κ1) is 31.0. The Balaban J connectivity index is 1.84. The van der Waals surface area contributed by atoms with Crippen molar-refractivity contribution in [2.75, 3.05) is 6.26 Å². The SMILES string of the molecule is CC(OC(=O)c1cc(Oc2ccc(C(F)(F)F)cc2Cl)ccc1[N+](=O)[O-])C(=O)N=S(C)(=O)c1ccc([N+](=O)[O-])cc1. The summed E-state index contributed by atoms with van der Waals surface area (Å²) in [6.45, 7) is 1.07. The van der Waals surface area contributed by atoms with E-state index in [4.69, 9.17) is 21.1 Å². The number of nitro groups is 2. The molecule has 3 aromatic rings. The van der Waals surface area contributed by atoms with E-state index in [9.17, 15) is 47.2 Å². The van der Waals surface area contributed by atoms with Crippen LogP contribution in [0.15, 0.2) is 69.9 Å². The van der Waals surface area contributed by atoms with Gasteiger partial charge in [0.25, 0.3) is 17.3 Å². The van der Waals surface area contributed by atoms with Crippen molar-refractivity contribution in [3.8, 4) is 11.5 Å². The third-order valence-corrected chi connectivity index (χ3v) is 7.22. The van der Waals surface area contributed by atoms with Gasteiger partial charge in [0.15, 0.2) is 6.10 Å². The van der Waals surface area contributed by atoms with Gasteiger partial charge in [-0.05, 0) is 43.3 Å². The van der Waals surface area contributed by atoms with E-state index in [-0.39, 0.29) is 22.1 Å². The van der Waals surface area contributed by atoms with Gasteiger partial charge < -0.3 is 9.47 Å². The maximum Gasteiger partial charge on any atom is 0.416 e. The molecule has 0 spiro atoms. The first-order valence-electron chi connectivity index (χ1n) is 11.0. The predicted molar refractivity (Wildman–Crippen MR) is 137 cm³/mol. The van der Waals surface area contributed by atoms with Crippen LogP contribution >= 0.6 is 11.6 Å². The molecule has 3 rings (SSSR count). The van der Waals surface area contributed by atoms with Crippen LogP contribution in [-0.4, -0.2) is 38.3 Å². The number of alkyl halides is 3. The Labute approximate surface area is 234 Å². The molecule has 0 fully saturated rings. The highest BCUT2D eigenvalue weighted by atomic mass is 35.5. The molecule has 0 heterocycles. The lowest BCUT2D eigenvalue weighted by Gasteiger charge is -2.13. The first-order valence-corrected chi connectivity index (χ1v) is 13.3. The number of amides is 1. The minimum absolute atomic E-state index is 0.0163. The summed E-state index contributed by atoms with van der Waals surface area (Å²) in [6.07, 6.45) is -5.26. The number of halogens is 4. The number of carbonyl (C=O) groups is 2. The summed E-state index contributed by atoms with van der Waals surface area (Å²) in [6, 6.07) is 9.43. The maximum absolute atomic E-state index is 12.9. The van der Waals surface area contributed by atoms with E-state index in [1.54, 1.807) is 0 Å². The van der Waals surface area contributed by atoms with Crippen LogP contribution in [0.4, 0.5) is 24.5 Å². The lowest BCUT2D eigenvalue weighted by molar-refractivity contribution is -0.385. The van der Waals surface area contributed by atoms with Gasteiger partial charge >= 0.3 is 12.1 Å². The van der Waals surface area contributed by atoms with Gasteiger partial charge in [-0.3, -0.25) is 25.0 Å². The summed E-state index contributed by atoms with van der Waals surface area (Å²) >= 11 is 5.87. The highest BCUT2D eigenvalue weighted by molar-refractivity contribution is 7.93. The number of ether oxygens (including phenoxy) is 2. The Morgan fingerprint density at radius 1 is 1.00 bits per heavy atom. The van der Waals surface area contributed by atoms with Crippen molar-refractivity contribution >= 4 is 44.6 Å². The van der Waals surface area contributed by atoms with Gasteiger partial charge in [-0.1, -0.05) is 11.6 Å². The van der Waals surface area contributed by atoms with Gasteiger partial charge in [0.1, 0.15) is 17.1 Å². The molecule has 2 atom stereocenters. The average Bonchev–Trinajstić information content (AvgIpc) is 2.88. The van der Waals surface area contributed by atoms with Crippen LogP contribution in [0, 0.1) is 20.2 Å². The highest BCUT2D eigenvalue weighted by Crippen LogP contribution is 2.37. The minimum atomic E-state index is -4.67. The quantitative estimate of drug-likeness (QED) is 0.163. The Kier molecular flexibility index (Phi) is 8.98. The minimum Gasteiger partial charge on any atom is -0.456 e. The van der Waals surface area contributed by atoms with Gasteiger partial charge in [0.2, 0.25) is 0 Å². The molecule has 1 amide bonds. The molecule has 0 aliphatic carbocycles. The summed E-state index contributed by atoms with van der Waals surface area (Å²) in [5, 5.41) is 21.8. The van der Waals surface area contributed by atoms with E-state index in [0.29, 0.717) is 12.1 Å². The van der Waals surface area contributed by atoms with E-state index in [2.05, 4.69) is 4.36 Å². The standard InChI is InChI=1S/C24H17ClF3N3O9S/c1-13(22(32)29-41(2,38)17-7-4-15(5-8-17)30(34)35)39-23(33)18-12-16(6-9-20(18)31(36)37)40-21-10-3-14(11-19(21)25)24(26,27)28/h3-13H,1-2H3. The Bertz CT molecular complexity index is 1670. The molecular weight excluding hydrogens is 599 g/mol. The number of esters is 1. The Morgan fingerprint density at radius 3 is 2.17 bits per heavy atom. The third kappa shape index (κ3) is 7.55. The van der Waals surface area contributed by atoms with E-state index in [0.717, 1.165) is 61.7 Å². The molecule has 0 radical (unpaired) electrons. The van der Waals surface area contributed by atoms with E-state index in [1.807, 2.05) is 0 Å². The molecule has 0 saturated heterocycles. The Morgan fingerprint density at radius 2 is 1.63 bits per heavy atom. The molecule has 0 saturated carbocycles. The lowest BCUT2D eigenvalue weighted by Crippen LogP contribution is -2.24. The second kappa shape index (κ2) is 11.9. The van der Waals surface area contributed by atoms with Crippen LogP contribution < -0.4 is 4.74 Å². The van der Waals surface area contributed by atoms with E-state index < -0.39 is 65.6 Å². The zero-order chi connectivity index (χ0) is 30.7. The number of carbonyl (C=O) groups excluding carboxylic acids is 2. The van der Waals surface area contributed by atoms with Gasteiger partial charge in [-0.15, -0.1) is 0 Å². The van der Waals surface area contributed by atoms with Crippen molar-refractivity contribution in [1.29, 1.82) is 0 Å². The van der Waals surface area contributed by atoms with Gasteiger partial charge in [-0.25, -0.2) is 9.00 Å². The highest BCUT2D eigenvalue weighted by Gasteiger charge is 2.31. The average molecular weight is 616 g/mol. The number of nitrogens with zero attached hydrogens (tertiary/aromatic N) is 3. The fraction of sp³-hybridized carbons (Fsp3) is 0.167. The van der Waals surface area contributed by atoms with Gasteiger partial charge in [0.05, 0.1) is 30.2 Å². The lowest BCUT2D eigenvalue weighted by atomic mass is 10.1. The van der Waals surface area contributed by atoms with Crippen LogP contribution in [-0.2, 0) is 25.4 Å². The summed E-state index contributed by atoms with van der Waals surface area (Å²) in [5.74, 6) is -3.02. The van der Waals surface area contributed by atoms with Crippen molar-refractivity contribution in [1.82, 2.24) is 0 Å². The van der Waals surface area contributed by atoms with Crippen molar-refractivity contribution in [3.05, 3.63) is 97.0 Å². The number of rotatable bonds is 8. The van der Waals surface area contributed by atoms with Crippen molar-refractivity contribution < 1.29 is 46.3 Å². The smallest absolute Gasteiger partial charge is 0.416 e. The second-order valence-corrected chi connectivity index (χ2v) is 10.9. The molecule has 0 aliphatic rings. The molecular formula is C24H17ClF3N3O9S. The van der Waals surface area contributed by atoms with Crippen molar-refractivity contribution in [2.45, 2.75) is 24.1 Å². The van der Waals surface area contributed by atoms with Crippen LogP contribution in [0.25, 0.3) is 0 Å². The van der Waals surface area contributed by atoms with Crippen molar-refractivity contribution in [3.63, 3.8) is 0 Å². The van der Waals surface area contributed by atoms with E-state index in [1.165, 1.54) is 0 Å². The molecule has 41 heavy (non-hydrogen) atoms. The Hall–Kier alpha value is -4.57. The molecule has 17 heteroatoms. The van der Waals surface area contributed by atoms with Crippen LogP contribution in [0.1, 0.15) is 22.8 Å². The number of non-ortho nitro benzene ring substituents is 1. The van der Waals surface area contributed by atoms with Crippen LogP contribution in [0.5, 0.6) is 11.5 Å². The van der Waals surface area contributed by atoms with E-state index >= 15 is 0 Å². The largest absolute Gasteiger partial charge is 0.456 e. The molecule has 3 aromatic carbocycles. The number of hydrogen-bond donors (Lipinski definition) is 0. The molecule has 0 bridgehead atoms. The number of nitro benzene ring substituents is 2. The third-order valence-electron chi connectivity index (χ3n) is 5.25. The molecule has 0 N–H and O–H groups in total. The second-order valence-electron chi connectivity index (χ2n) is 8.21. The molecule has 0 aromatic heterocycles. The predicted octanol–water partition coefficient (Wildman–Crippen LogP) is 6.20. The van der Waals surface area contributed by atoms with Gasteiger partial charge in [-0.2, -0.15) is 17.5 Å². The zero-order valence-electron chi connectivity index (χ0n) is 20.8. The molecule has 12 nitrogen and oxygen atoms in total. The van der Waals surface area contributed by atoms with Gasteiger partial charge in [0, 0.05) is 35.4 Å². The molecule has 216 valence electrons. The summed E-state index contributed by atoms with van der Waals surface area (Å²) in [4.78, 5) is 46.0. The fourth-order valence-electron chi connectivity index (χ4n) is 3.18. The normalized spacial score (nSPS) is 13.4. The summed E-state index contributed by atoms with van der Waals surface area (Å²) in [7, 11) is -3.43. The number of hydrogen-bond acceptors (Lipinski definition) is 9. The monoisotopic (exact) mass is 615 g/mol. The summed E-state index contributed by atoms with van der Waals surface area (Å²) in [5.41, 5.74) is -2.76. The van der Waals surface area contributed by atoms with Crippen molar-refractivity contribution in [2.24, 2.45) is 4.36 Å². The van der Waals surface area contributed by atoms with Crippen LogP contribution in [0.3, 0.4) is 0 Å². The maximum atomic E-state index is 12.9. The number of benzene rings is 3. The summed E-state index contributed by atoms with van der Waals surface area (Å²) < 4.78 is 65.5.